The largest absolute Gasteiger partial charge is 0.381 e. The van der Waals surface area contributed by atoms with E-state index in [1.165, 1.54) is 0 Å². The van der Waals surface area contributed by atoms with Crippen LogP contribution in [0.1, 0.15) is 24.8 Å². The summed E-state index contributed by atoms with van der Waals surface area (Å²) in [6.45, 7) is 3.25. The number of carbonyl (C=O) groups excluding carboxylic acids is 2. The molecule has 0 bridgehead atoms. The summed E-state index contributed by atoms with van der Waals surface area (Å²) < 4.78 is 5.58. The maximum absolute atomic E-state index is 13.8. The van der Waals surface area contributed by atoms with Crippen LogP contribution in [-0.4, -0.2) is 61.1 Å². The lowest BCUT2D eigenvalue weighted by Crippen LogP contribution is -2.51. The van der Waals surface area contributed by atoms with Crippen molar-refractivity contribution in [1.82, 2.24) is 9.80 Å². The third-order valence-electron chi connectivity index (χ3n) is 6.28. The molecule has 0 saturated carbocycles. The predicted molar refractivity (Wildman–Crippen MR) is 126 cm³/mol. The van der Waals surface area contributed by atoms with Crippen molar-refractivity contribution in [1.29, 1.82) is 0 Å². The van der Waals surface area contributed by atoms with E-state index < -0.39 is 5.41 Å². The Bertz CT molecular complexity index is 978. The van der Waals surface area contributed by atoms with Crippen LogP contribution in [0.15, 0.2) is 48.5 Å². The van der Waals surface area contributed by atoms with Crippen LogP contribution in [0, 0.1) is 0 Å². The summed E-state index contributed by atoms with van der Waals surface area (Å²) in [7, 11) is 0. The monoisotopic (exact) mass is 475 g/mol. The summed E-state index contributed by atoms with van der Waals surface area (Å²) >= 11 is 12.3. The number of hydrogen-bond acceptors (Lipinski definition) is 3. The first-order chi connectivity index (χ1) is 15.5. The Hall–Kier alpha value is -2.28. The van der Waals surface area contributed by atoms with Crippen molar-refractivity contribution in [2.75, 3.05) is 44.7 Å². The number of benzene rings is 2. The minimum Gasteiger partial charge on any atom is -0.381 e. The first kappa shape index (κ1) is 22.9. The van der Waals surface area contributed by atoms with Crippen LogP contribution < -0.4 is 5.32 Å². The third kappa shape index (κ3) is 5.03. The minimum atomic E-state index is -0.638. The van der Waals surface area contributed by atoms with E-state index in [2.05, 4.69) is 5.32 Å². The second-order valence-electron chi connectivity index (χ2n) is 8.28. The van der Waals surface area contributed by atoms with Gasteiger partial charge in [0, 0.05) is 55.1 Å². The summed E-state index contributed by atoms with van der Waals surface area (Å²) in [4.78, 5) is 30.3. The van der Waals surface area contributed by atoms with E-state index in [1.807, 2.05) is 29.2 Å². The van der Waals surface area contributed by atoms with E-state index in [-0.39, 0.29) is 11.9 Å². The Morgan fingerprint density at radius 3 is 2.25 bits per heavy atom. The molecule has 2 fully saturated rings. The van der Waals surface area contributed by atoms with Gasteiger partial charge in [-0.3, -0.25) is 4.79 Å². The number of amides is 3. The normalized spacial score (nSPS) is 18.7. The highest BCUT2D eigenvalue weighted by molar-refractivity contribution is 6.31. The number of ether oxygens (including phenoxy) is 1. The van der Waals surface area contributed by atoms with Crippen molar-refractivity contribution in [3.05, 3.63) is 64.1 Å². The molecule has 2 aromatic rings. The van der Waals surface area contributed by atoms with Gasteiger partial charge in [0.15, 0.2) is 0 Å². The molecule has 3 amide bonds. The van der Waals surface area contributed by atoms with E-state index in [9.17, 15) is 9.59 Å². The van der Waals surface area contributed by atoms with Crippen LogP contribution in [-0.2, 0) is 14.9 Å². The van der Waals surface area contributed by atoms with Crippen molar-refractivity contribution >= 4 is 40.8 Å². The average Bonchev–Trinajstić information content (AvgIpc) is 3.05. The molecule has 0 spiro atoms. The summed E-state index contributed by atoms with van der Waals surface area (Å²) in [5.41, 5.74) is 0.960. The van der Waals surface area contributed by atoms with E-state index in [0.29, 0.717) is 68.0 Å². The summed E-state index contributed by atoms with van der Waals surface area (Å²) in [6, 6.07) is 14.5. The van der Waals surface area contributed by atoms with Gasteiger partial charge < -0.3 is 19.9 Å². The standard InChI is InChI=1S/C24H27Cl2N3O3/c25-19-5-1-4-18(16-19)24(8-14-32-15-9-24)22(30)28-10-3-11-29(13-12-28)23(31)27-21-7-2-6-20(26)17-21/h1-2,4-7,16-17H,3,8-15H2,(H,27,31). The molecule has 8 heteroatoms. The first-order valence-corrected chi connectivity index (χ1v) is 11.7. The molecule has 2 saturated heterocycles. The number of nitrogens with one attached hydrogen (secondary N) is 1. The van der Waals surface area contributed by atoms with E-state index in [1.54, 1.807) is 29.2 Å². The van der Waals surface area contributed by atoms with Crippen molar-refractivity contribution < 1.29 is 14.3 Å². The van der Waals surface area contributed by atoms with Crippen LogP contribution in [0.25, 0.3) is 0 Å². The molecule has 0 atom stereocenters. The molecule has 1 N–H and O–H groups in total. The van der Waals surface area contributed by atoms with Gasteiger partial charge in [0.2, 0.25) is 5.91 Å². The number of urea groups is 1. The van der Waals surface area contributed by atoms with Gasteiger partial charge in [-0.05, 0) is 55.2 Å². The molecule has 0 aliphatic carbocycles. The van der Waals surface area contributed by atoms with Gasteiger partial charge in [0.1, 0.15) is 0 Å². The first-order valence-electron chi connectivity index (χ1n) is 10.9. The lowest BCUT2D eigenvalue weighted by Gasteiger charge is -2.40. The number of nitrogens with zero attached hydrogens (tertiary/aromatic N) is 2. The van der Waals surface area contributed by atoms with Gasteiger partial charge in [0.05, 0.1) is 5.41 Å². The van der Waals surface area contributed by atoms with Gasteiger partial charge in [-0.15, -0.1) is 0 Å². The molecule has 2 heterocycles. The maximum atomic E-state index is 13.8. The summed E-state index contributed by atoms with van der Waals surface area (Å²) in [6.07, 6.45) is 1.97. The molecule has 2 aromatic carbocycles. The molecular formula is C24H27Cl2N3O3. The highest BCUT2D eigenvalue weighted by Gasteiger charge is 2.44. The van der Waals surface area contributed by atoms with Crippen LogP contribution in [0.4, 0.5) is 10.5 Å². The lowest BCUT2D eigenvalue weighted by atomic mass is 9.73. The topological polar surface area (TPSA) is 61.9 Å². The molecule has 2 aliphatic heterocycles. The van der Waals surface area contributed by atoms with Gasteiger partial charge in [-0.1, -0.05) is 41.4 Å². The molecule has 170 valence electrons. The van der Waals surface area contributed by atoms with Crippen molar-refractivity contribution in [3.63, 3.8) is 0 Å². The fraction of sp³-hybridized carbons (Fsp3) is 0.417. The van der Waals surface area contributed by atoms with Crippen LogP contribution in [0.3, 0.4) is 0 Å². The Kier molecular flexibility index (Phi) is 7.23. The number of halogens is 2. The number of anilines is 1. The minimum absolute atomic E-state index is 0.0974. The zero-order valence-corrected chi connectivity index (χ0v) is 19.4. The molecular weight excluding hydrogens is 449 g/mol. The van der Waals surface area contributed by atoms with Crippen LogP contribution >= 0.6 is 23.2 Å². The smallest absolute Gasteiger partial charge is 0.321 e. The quantitative estimate of drug-likeness (QED) is 0.692. The lowest BCUT2D eigenvalue weighted by molar-refractivity contribution is -0.141. The third-order valence-corrected chi connectivity index (χ3v) is 6.75. The van der Waals surface area contributed by atoms with E-state index >= 15 is 0 Å². The van der Waals surface area contributed by atoms with E-state index in [4.69, 9.17) is 27.9 Å². The van der Waals surface area contributed by atoms with Gasteiger partial charge >= 0.3 is 6.03 Å². The second kappa shape index (κ2) is 10.1. The SMILES string of the molecule is O=C(Nc1cccc(Cl)c1)N1CCCN(C(=O)C2(c3cccc(Cl)c3)CCOCC2)CC1. The van der Waals surface area contributed by atoms with Crippen molar-refractivity contribution in [2.24, 2.45) is 0 Å². The van der Waals surface area contributed by atoms with Gasteiger partial charge in [0.25, 0.3) is 0 Å². The molecule has 0 aromatic heterocycles. The van der Waals surface area contributed by atoms with E-state index in [0.717, 1.165) is 12.0 Å². The zero-order valence-electron chi connectivity index (χ0n) is 17.9. The van der Waals surface area contributed by atoms with Gasteiger partial charge in [-0.2, -0.15) is 0 Å². The second-order valence-corrected chi connectivity index (χ2v) is 9.15. The number of carbonyl (C=O) groups is 2. The molecule has 2 aliphatic rings. The Morgan fingerprint density at radius 1 is 0.875 bits per heavy atom. The molecule has 0 unspecified atom stereocenters. The molecule has 4 rings (SSSR count). The number of hydrogen-bond donors (Lipinski definition) is 1. The molecule has 6 nitrogen and oxygen atoms in total. The fourth-order valence-corrected chi connectivity index (χ4v) is 4.91. The Morgan fingerprint density at radius 2 is 1.53 bits per heavy atom. The predicted octanol–water partition coefficient (Wildman–Crippen LogP) is 4.81. The van der Waals surface area contributed by atoms with Crippen LogP contribution in [0.5, 0.6) is 0 Å². The Balaban J connectivity index is 1.46. The fourth-order valence-electron chi connectivity index (χ4n) is 4.53. The molecule has 32 heavy (non-hydrogen) atoms. The maximum Gasteiger partial charge on any atom is 0.321 e. The van der Waals surface area contributed by atoms with Gasteiger partial charge in [-0.25, -0.2) is 4.79 Å². The Labute approximate surface area is 198 Å². The van der Waals surface area contributed by atoms with Crippen molar-refractivity contribution in [3.8, 4) is 0 Å². The summed E-state index contributed by atoms with van der Waals surface area (Å²) in [5, 5.41) is 4.09. The van der Waals surface area contributed by atoms with Crippen LogP contribution in [0.2, 0.25) is 10.0 Å². The summed E-state index contributed by atoms with van der Waals surface area (Å²) in [5.74, 6) is 0.0974. The number of rotatable bonds is 3. The van der Waals surface area contributed by atoms with Crippen molar-refractivity contribution in [2.45, 2.75) is 24.7 Å². The zero-order chi connectivity index (χ0) is 22.6. The highest BCUT2D eigenvalue weighted by atomic mass is 35.5. The highest BCUT2D eigenvalue weighted by Crippen LogP contribution is 2.38. The molecule has 0 radical (unpaired) electrons. The average molecular weight is 476 g/mol.